The van der Waals surface area contributed by atoms with Gasteiger partial charge < -0.3 is 14.6 Å². The van der Waals surface area contributed by atoms with Crippen LogP contribution in [0, 0.1) is 0 Å². The fourth-order valence-electron chi connectivity index (χ4n) is 1.13. The van der Waals surface area contributed by atoms with E-state index in [2.05, 4.69) is 20.8 Å². The van der Waals surface area contributed by atoms with Crippen molar-refractivity contribution in [2.24, 2.45) is 0 Å². The van der Waals surface area contributed by atoms with Gasteiger partial charge in [0.2, 0.25) is 0 Å². The van der Waals surface area contributed by atoms with E-state index >= 15 is 0 Å². The highest BCUT2D eigenvalue weighted by Crippen LogP contribution is 2.37. The first-order valence-electron chi connectivity index (χ1n) is 6.00. The maximum Gasteiger partial charge on any atom is 0.332 e. The summed E-state index contributed by atoms with van der Waals surface area (Å²) in [4.78, 5) is 22.2. The van der Waals surface area contributed by atoms with Crippen LogP contribution in [0.3, 0.4) is 0 Å². The number of aliphatic hydroxyl groups is 1. The van der Waals surface area contributed by atoms with E-state index in [0.29, 0.717) is 0 Å². The molecule has 0 aromatic heterocycles. The molecule has 0 fully saturated rings. The molecule has 106 valence electrons. The number of ketones is 1. The summed E-state index contributed by atoms with van der Waals surface area (Å²) in [6.07, 6.45) is -2.74. The van der Waals surface area contributed by atoms with E-state index < -0.39 is 32.9 Å². The summed E-state index contributed by atoms with van der Waals surface area (Å²) in [6, 6.07) is 0. The minimum Gasteiger partial charge on any atom is -0.479 e. The van der Waals surface area contributed by atoms with Crippen molar-refractivity contribution in [1.82, 2.24) is 0 Å². The zero-order valence-corrected chi connectivity index (χ0v) is 13.0. The second-order valence-corrected chi connectivity index (χ2v) is 10.8. The van der Waals surface area contributed by atoms with E-state index in [1.165, 1.54) is 0 Å². The van der Waals surface area contributed by atoms with Crippen LogP contribution >= 0.6 is 0 Å². The molecule has 0 spiro atoms. The Morgan fingerprint density at radius 1 is 1.28 bits per heavy atom. The Morgan fingerprint density at radius 3 is 2.06 bits per heavy atom. The zero-order chi connectivity index (χ0) is 14.7. The molecule has 0 saturated carbocycles. The molecule has 0 aliphatic carbocycles. The minimum absolute atomic E-state index is 0.0209. The standard InChI is InChI=1S/C12H24O5Si/c1-8(9(13)7-10(14)11(15)16)17-18(5,6)12(2,3)4/h8,10,14H,7H2,1-6H3,(H,15,16)/t8-,10-/m1/s1. The van der Waals surface area contributed by atoms with Crippen LogP contribution in [-0.2, 0) is 14.0 Å². The number of carboxylic acids is 1. The van der Waals surface area contributed by atoms with Gasteiger partial charge in [0.1, 0.15) is 6.10 Å². The fraction of sp³-hybridized carbons (Fsp3) is 0.833. The first-order chi connectivity index (χ1) is 7.88. The lowest BCUT2D eigenvalue weighted by Gasteiger charge is -2.38. The number of carbonyl (C=O) groups excluding carboxylic acids is 1. The van der Waals surface area contributed by atoms with Crippen molar-refractivity contribution in [1.29, 1.82) is 0 Å². The lowest BCUT2D eigenvalue weighted by molar-refractivity contribution is -0.149. The number of carbonyl (C=O) groups is 2. The topological polar surface area (TPSA) is 83.8 Å². The number of rotatable bonds is 6. The summed E-state index contributed by atoms with van der Waals surface area (Å²) in [7, 11) is -2.06. The Hall–Kier alpha value is -0.723. The molecule has 2 atom stereocenters. The van der Waals surface area contributed by atoms with Crippen molar-refractivity contribution in [2.75, 3.05) is 0 Å². The van der Waals surface area contributed by atoms with Crippen LogP contribution in [0.15, 0.2) is 0 Å². The predicted molar refractivity (Wildman–Crippen MR) is 71.0 cm³/mol. The zero-order valence-electron chi connectivity index (χ0n) is 12.0. The molecule has 0 unspecified atom stereocenters. The molecule has 0 rings (SSSR count). The molecule has 18 heavy (non-hydrogen) atoms. The largest absolute Gasteiger partial charge is 0.479 e. The highest BCUT2D eigenvalue weighted by atomic mass is 28.4. The lowest BCUT2D eigenvalue weighted by atomic mass is 10.1. The van der Waals surface area contributed by atoms with Crippen molar-refractivity contribution < 1.29 is 24.2 Å². The number of aliphatic carboxylic acids is 1. The van der Waals surface area contributed by atoms with Gasteiger partial charge in [-0.1, -0.05) is 20.8 Å². The third-order valence-electron chi connectivity index (χ3n) is 3.41. The van der Waals surface area contributed by atoms with Gasteiger partial charge in [-0.05, 0) is 25.1 Å². The average Bonchev–Trinajstić information content (AvgIpc) is 2.14. The van der Waals surface area contributed by atoms with Crippen molar-refractivity contribution in [3.63, 3.8) is 0 Å². The maximum absolute atomic E-state index is 11.7. The Bertz CT molecular complexity index is 319. The van der Waals surface area contributed by atoms with Gasteiger partial charge in [0.25, 0.3) is 0 Å². The lowest BCUT2D eigenvalue weighted by Crippen LogP contribution is -2.45. The van der Waals surface area contributed by atoms with Gasteiger partial charge in [-0.2, -0.15) is 0 Å². The summed E-state index contributed by atoms with van der Waals surface area (Å²) in [5.41, 5.74) is 0. The van der Waals surface area contributed by atoms with E-state index in [1.54, 1.807) is 6.92 Å². The van der Waals surface area contributed by atoms with Gasteiger partial charge in [-0.25, -0.2) is 4.79 Å². The third-order valence-corrected chi connectivity index (χ3v) is 7.97. The Kier molecular flexibility index (Phi) is 5.71. The normalized spacial score (nSPS) is 16.2. The van der Waals surface area contributed by atoms with E-state index in [9.17, 15) is 9.59 Å². The van der Waals surface area contributed by atoms with Crippen LogP contribution in [0.5, 0.6) is 0 Å². The van der Waals surface area contributed by atoms with Crippen LogP contribution < -0.4 is 0 Å². The highest BCUT2D eigenvalue weighted by molar-refractivity contribution is 6.74. The first kappa shape index (κ1) is 17.3. The second kappa shape index (κ2) is 5.95. The second-order valence-electron chi connectivity index (χ2n) is 6.04. The summed E-state index contributed by atoms with van der Waals surface area (Å²) in [6.45, 7) is 11.8. The SMILES string of the molecule is C[C@@H](O[Si](C)(C)C(C)(C)C)C(=O)C[C@@H](O)C(=O)O. The smallest absolute Gasteiger partial charge is 0.332 e. The first-order valence-corrected chi connectivity index (χ1v) is 8.90. The summed E-state index contributed by atoms with van der Waals surface area (Å²) in [5, 5.41) is 17.7. The van der Waals surface area contributed by atoms with Gasteiger partial charge in [0.15, 0.2) is 20.2 Å². The number of Topliss-reactive ketones (excluding diaryl/α,β-unsaturated/α-hetero) is 1. The Morgan fingerprint density at radius 2 is 1.72 bits per heavy atom. The predicted octanol–water partition coefficient (Wildman–Crippen LogP) is 1.80. The van der Waals surface area contributed by atoms with E-state index in [1.807, 2.05) is 13.1 Å². The monoisotopic (exact) mass is 276 g/mol. The van der Waals surface area contributed by atoms with E-state index in [0.717, 1.165) is 0 Å². The van der Waals surface area contributed by atoms with Crippen molar-refractivity contribution in [3.8, 4) is 0 Å². The molecule has 5 nitrogen and oxygen atoms in total. The molecule has 0 heterocycles. The number of aliphatic hydroxyl groups excluding tert-OH is 1. The molecule has 0 amide bonds. The molecular formula is C12H24O5Si. The van der Waals surface area contributed by atoms with Crippen LogP contribution in [0.25, 0.3) is 0 Å². The third kappa shape index (κ3) is 4.87. The summed E-state index contributed by atoms with van der Waals surface area (Å²) < 4.78 is 5.83. The number of carboxylic acid groups (broad SMARTS) is 1. The van der Waals surface area contributed by atoms with Gasteiger partial charge in [-0.3, -0.25) is 4.79 Å². The summed E-state index contributed by atoms with van der Waals surface area (Å²) in [5.74, 6) is -1.77. The van der Waals surface area contributed by atoms with E-state index in [-0.39, 0.29) is 10.8 Å². The minimum atomic E-state index is -2.06. The average molecular weight is 276 g/mol. The molecule has 0 bridgehead atoms. The van der Waals surface area contributed by atoms with Gasteiger partial charge in [-0.15, -0.1) is 0 Å². The highest BCUT2D eigenvalue weighted by Gasteiger charge is 2.39. The molecule has 0 aliphatic rings. The summed E-state index contributed by atoms with van der Waals surface area (Å²) >= 11 is 0. The molecule has 0 aromatic carbocycles. The number of hydrogen-bond donors (Lipinski definition) is 2. The van der Waals surface area contributed by atoms with Gasteiger partial charge in [0.05, 0.1) is 0 Å². The fourth-order valence-corrected chi connectivity index (χ4v) is 2.50. The Labute approximate surface area is 109 Å². The van der Waals surface area contributed by atoms with Crippen LogP contribution in [0.2, 0.25) is 18.1 Å². The van der Waals surface area contributed by atoms with Crippen molar-refractivity contribution >= 4 is 20.1 Å². The molecule has 0 radical (unpaired) electrons. The van der Waals surface area contributed by atoms with Crippen molar-refractivity contribution in [2.45, 2.75) is 64.5 Å². The number of hydrogen-bond acceptors (Lipinski definition) is 4. The molecule has 6 heteroatoms. The van der Waals surface area contributed by atoms with Crippen LogP contribution in [-0.4, -0.2) is 42.5 Å². The molecule has 0 saturated heterocycles. The van der Waals surface area contributed by atoms with E-state index in [4.69, 9.17) is 14.6 Å². The quantitative estimate of drug-likeness (QED) is 0.723. The molecule has 2 N–H and O–H groups in total. The van der Waals surface area contributed by atoms with Crippen molar-refractivity contribution in [3.05, 3.63) is 0 Å². The molecule has 0 aliphatic heterocycles. The Balaban J connectivity index is 4.55. The van der Waals surface area contributed by atoms with Gasteiger partial charge >= 0.3 is 5.97 Å². The maximum atomic E-state index is 11.7. The van der Waals surface area contributed by atoms with Gasteiger partial charge in [0, 0.05) is 6.42 Å². The molecule has 0 aromatic rings. The van der Waals surface area contributed by atoms with Crippen LogP contribution in [0.4, 0.5) is 0 Å². The van der Waals surface area contributed by atoms with Crippen LogP contribution in [0.1, 0.15) is 34.1 Å². The molecular weight excluding hydrogens is 252 g/mol.